The van der Waals surface area contributed by atoms with Crippen molar-refractivity contribution >= 4 is 40.7 Å². The number of aromatic nitrogens is 2. The minimum Gasteiger partial charge on any atom is -0.465 e. The Hall–Kier alpha value is -1.93. The third kappa shape index (κ3) is 3.78. The van der Waals surface area contributed by atoms with E-state index in [0.717, 1.165) is 4.34 Å². The minimum absolute atomic E-state index is 0.199. The molecular formula is C12H11N3O3S2. The highest BCUT2D eigenvalue weighted by atomic mass is 32.2. The summed E-state index contributed by atoms with van der Waals surface area (Å²) in [5, 5.41) is 10.2. The predicted octanol–water partition coefficient (Wildman–Crippen LogP) is 2.06. The van der Waals surface area contributed by atoms with Crippen molar-refractivity contribution in [3.8, 4) is 0 Å². The predicted molar refractivity (Wildman–Crippen MR) is 77.0 cm³/mol. The van der Waals surface area contributed by atoms with Gasteiger partial charge in [0.1, 0.15) is 5.51 Å². The summed E-state index contributed by atoms with van der Waals surface area (Å²) in [6.07, 6.45) is 0. The van der Waals surface area contributed by atoms with Crippen LogP contribution in [0, 0.1) is 0 Å². The van der Waals surface area contributed by atoms with E-state index in [4.69, 9.17) is 0 Å². The molecule has 1 aromatic heterocycles. The Morgan fingerprint density at radius 2 is 2.20 bits per heavy atom. The first-order valence-corrected chi connectivity index (χ1v) is 7.43. The molecule has 0 atom stereocenters. The SMILES string of the molecule is COC(=O)c1ccccc1NC(=O)CSc1nncs1. The Balaban J connectivity index is 1.99. The summed E-state index contributed by atoms with van der Waals surface area (Å²) in [7, 11) is 1.30. The highest BCUT2D eigenvalue weighted by molar-refractivity contribution is 8.01. The maximum Gasteiger partial charge on any atom is 0.339 e. The molecule has 8 heteroatoms. The normalized spacial score (nSPS) is 10.1. The zero-order valence-electron chi connectivity index (χ0n) is 10.5. The lowest BCUT2D eigenvalue weighted by Gasteiger charge is -2.08. The molecule has 1 amide bonds. The molecule has 0 fully saturated rings. The summed E-state index contributed by atoms with van der Waals surface area (Å²) in [6, 6.07) is 6.69. The Kier molecular flexibility index (Phi) is 5.08. The van der Waals surface area contributed by atoms with Crippen LogP contribution in [-0.2, 0) is 9.53 Å². The number of rotatable bonds is 5. The average molecular weight is 309 g/mol. The fourth-order valence-corrected chi connectivity index (χ4v) is 2.71. The maximum atomic E-state index is 11.8. The van der Waals surface area contributed by atoms with Crippen LogP contribution < -0.4 is 5.32 Å². The molecule has 0 saturated heterocycles. The number of hydrogen-bond acceptors (Lipinski definition) is 7. The molecule has 1 heterocycles. The molecule has 104 valence electrons. The Morgan fingerprint density at radius 3 is 2.90 bits per heavy atom. The number of methoxy groups -OCH3 is 1. The smallest absolute Gasteiger partial charge is 0.339 e. The zero-order chi connectivity index (χ0) is 14.4. The molecule has 0 aliphatic heterocycles. The Bertz CT molecular complexity index is 602. The van der Waals surface area contributed by atoms with Crippen LogP contribution in [0.1, 0.15) is 10.4 Å². The van der Waals surface area contributed by atoms with Gasteiger partial charge in [0.25, 0.3) is 0 Å². The standard InChI is InChI=1S/C12H11N3O3S2/c1-18-11(17)8-4-2-3-5-9(8)14-10(16)6-19-12-15-13-7-20-12/h2-5,7H,6H2,1H3,(H,14,16). The van der Waals surface area contributed by atoms with Crippen molar-refractivity contribution < 1.29 is 14.3 Å². The van der Waals surface area contributed by atoms with Crippen molar-refractivity contribution in [3.05, 3.63) is 35.3 Å². The number of hydrogen-bond donors (Lipinski definition) is 1. The number of thioether (sulfide) groups is 1. The molecule has 0 aliphatic rings. The third-order valence-corrected chi connectivity index (χ3v) is 4.13. The summed E-state index contributed by atoms with van der Waals surface area (Å²) >= 11 is 2.66. The fraction of sp³-hybridized carbons (Fsp3) is 0.167. The second kappa shape index (κ2) is 7.01. The summed E-state index contributed by atoms with van der Waals surface area (Å²) in [6.45, 7) is 0. The molecule has 0 spiro atoms. The van der Waals surface area contributed by atoms with Crippen LogP contribution in [0.15, 0.2) is 34.1 Å². The van der Waals surface area contributed by atoms with E-state index in [1.54, 1.807) is 29.8 Å². The number of carbonyl (C=O) groups is 2. The average Bonchev–Trinajstić information content (AvgIpc) is 2.98. The molecule has 0 aliphatic carbocycles. The number of esters is 1. The van der Waals surface area contributed by atoms with Crippen LogP contribution in [0.3, 0.4) is 0 Å². The van der Waals surface area contributed by atoms with Gasteiger partial charge in [-0.25, -0.2) is 4.79 Å². The lowest BCUT2D eigenvalue weighted by Crippen LogP contribution is -2.17. The lowest BCUT2D eigenvalue weighted by molar-refractivity contribution is -0.113. The molecule has 2 aromatic rings. The third-order valence-electron chi connectivity index (χ3n) is 2.27. The number of anilines is 1. The van der Waals surface area contributed by atoms with Crippen molar-refractivity contribution in [2.24, 2.45) is 0 Å². The second-order valence-corrected chi connectivity index (χ2v) is 5.63. The maximum absolute atomic E-state index is 11.8. The number of nitrogens with zero attached hydrogens (tertiary/aromatic N) is 2. The molecule has 0 radical (unpaired) electrons. The first kappa shape index (κ1) is 14.5. The van der Waals surface area contributed by atoms with Crippen LogP contribution >= 0.6 is 23.1 Å². The van der Waals surface area contributed by atoms with Gasteiger partial charge in [0, 0.05) is 0 Å². The highest BCUT2D eigenvalue weighted by Crippen LogP contribution is 2.20. The van der Waals surface area contributed by atoms with Crippen LogP contribution in [0.4, 0.5) is 5.69 Å². The number of carbonyl (C=O) groups excluding carboxylic acids is 2. The molecule has 6 nitrogen and oxygen atoms in total. The second-order valence-electron chi connectivity index (χ2n) is 3.58. The van der Waals surface area contributed by atoms with E-state index < -0.39 is 5.97 Å². The number of amides is 1. The highest BCUT2D eigenvalue weighted by Gasteiger charge is 2.13. The number of ether oxygens (including phenoxy) is 1. The summed E-state index contributed by atoms with van der Waals surface area (Å²) < 4.78 is 5.39. The van der Waals surface area contributed by atoms with Gasteiger partial charge in [0.2, 0.25) is 5.91 Å². The largest absolute Gasteiger partial charge is 0.465 e. The van der Waals surface area contributed by atoms with Gasteiger partial charge in [0.15, 0.2) is 4.34 Å². The van der Waals surface area contributed by atoms with Crippen LogP contribution in [-0.4, -0.2) is 34.9 Å². The van der Waals surface area contributed by atoms with Crippen molar-refractivity contribution in [2.45, 2.75) is 4.34 Å². The van der Waals surface area contributed by atoms with E-state index in [2.05, 4.69) is 20.3 Å². The van der Waals surface area contributed by atoms with Crippen molar-refractivity contribution in [2.75, 3.05) is 18.2 Å². The van der Waals surface area contributed by atoms with Crippen molar-refractivity contribution in [3.63, 3.8) is 0 Å². The summed E-state index contributed by atoms with van der Waals surface area (Å²) in [4.78, 5) is 23.4. The van der Waals surface area contributed by atoms with E-state index in [1.165, 1.54) is 30.2 Å². The Morgan fingerprint density at radius 1 is 1.40 bits per heavy atom. The molecular weight excluding hydrogens is 298 g/mol. The van der Waals surface area contributed by atoms with Crippen LogP contribution in [0.25, 0.3) is 0 Å². The molecule has 0 saturated carbocycles. The molecule has 2 rings (SSSR count). The quantitative estimate of drug-likeness (QED) is 0.672. The number of nitrogens with one attached hydrogen (secondary N) is 1. The van der Waals surface area contributed by atoms with Gasteiger partial charge in [-0.1, -0.05) is 35.2 Å². The van der Waals surface area contributed by atoms with E-state index in [-0.39, 0.29) is 11.7 Å². The van der Waals surface area contributed by atoms with Crippen LogP contribution in [0.2, 0.25) is 0 Å². The monoisotopic (exact) mass is 309 g/mol. The molecule has 1 aromatic carbocycles. The topological polar surface area (TPSA) is 81.2 Å². The van der Waals surface area contributed by atoms with E-state index >= 15 is 0 Å². The van der Waals surface area contributed by atoms with Gasteiger partial charge in [0.05, 0.1) is 24.1 Å². The first-order valence-electron chi connectivity index (χ1n) is 5.57. The van der Waals surface area contributed by atoms with Gasteiger partial charge in [-0.05, 0) is 12.1 Å². The number of para-hydroxylation sites is 1. The Labute approximate surface area is 123 Å². The first-order chi connectivity index (χ1) is 9.70. The van der Waals surface area contributed by atoms with Gasteiger partial charge < -0.3 is 10.1 Å². The zero-order valence-corrected chi connectivity index (χ0v) is 12.2. The molecule has 1 N–H and O–H groups in total. The van der Waals surface area contributed by atoms with Crippen molar-refractivity contribution in [1.29, 1.82) is 0 Å². The molecule has 0 bridgehead atoms. The van der Waals surface area contributed by atoms with Gasteiger partial charge >= 0.3 is 5.97 Å². The fourth-order valence-electron chi connectivity index (χ4n) is 1.42. The summed E-state index contributed by atoms with van der Waals surface area (Å²) in [5.41, 5.74) is 2.36. The minimum atomic E-state index is -0.488. The lowest BCUT2D eigenvalue weighted by atomic mass is 10.2. The van der Waals surface area contributed by atoms with E-state index in [0.29, 0.717) is 11.3 Å². The van der Waals surface area contributed by atoms with Crippen molar-refractivity contribution in [1.82, 2.24) is 10.2 Å². The summed E-state index contributed by atoms with van der Waals surface area (Å²) in [5.74, 6) is -0.510. The van der Waals surface area contributed by atoms with Gasteiger partial charge in [-0.2, -0.15) is 0 Å². The van der Waals surface area contributed by atoms with Gasteiger partial charge in [-0.15, -0.1) is 10.2 Å². The van der Waals surface area contributed by atoms with Gasteiger partial charge in [-0.3, -0.25) is 4.79 Å². The van der Waals surface area contributed by atoms with E-state index in [1.807, 2.05) is 0 Å². The molecule has 0 unspecified atom stereocenters. The number of benzene rings is 1. The van der Waals surface area contributed by atoms with E-state index in [9.17, 15) is 9.59 Å². The van der Waals surface area contributed by atoms with Crippen LogP contribution in [0.5, 0.6) is 0 Å². The molecule has 20 heavy (non-hydrogen) atoms.